The fourth-order valence-electron chi connectivity index (χ4n) is 2.25. The van der Waals surface area contributed by atoms with Crippen LogP contribution in [0, 0.1) is 6.92 Å². The van der Waals surface area contributed by atoms with Crippen LogP contribution in [0.25, 0.3) is 0 Å². The molecule has 0 unspecified atom stereocenters. The van der Waals surface area contributed by atoms with Crippen LogP contribution in [0.15, 0.2) is 36.5 Å². The van der Waals surface area contributed by atoms with Gasteiger partial charge in [0.25, 0.3) is 5.91 Å². The summed E-state index contributed by atoms with van der Waals surface area (Å²) in [5.74, 6) is -1.24. The quantitative estimate of drug-likeness (QED) is 0.887. The Hall–Kier alpha value is -2.56. The first-order valence-corrected chi connectivity index (χ1v) is 6.84. The third-order valence-electron chi connectivity index (χ3n) is 3.34. The summed E-state index contributed by atoms with van der Waals surface area (Å²) in [7, 11) is 0. The number of aryl methyl sites for hydroxylation is 1. The number of amides is 1. The molecule has 21 heavy (non-hydrogen) atoms. The Kier molecular flexibility index (Phi) is 4.42. The molecule has 2 aromatic rings. The first-order chi connectivity index (χ1) is 10.0. The molecule has 0 saturated heterocycles. The number of hydrogen-bond acceptors (Lipinski definition) is 2. The van der Waals surface area contributed by atoms with Crippen molar-refractivity contribution in [2.24, 2.45) is 0 Å². The van der Waals surface area contributed by atoms with Crippen LogP contribution in [0.1, 0.15) is 39.8 Å². The standard InChI is InChI=1S/C16H18N2O3/c1-3-9-18-10-5-8-14(18)15(19)17-13-7-4-6-12(11(13)2)16(20)21/h4-8,10H,3,9H2,1-2H3,(H,17,19)(H,20,21). The molecule has 0 saturated carbocycles. The van der Waals surface area contributed by atoms with Crippen LogP contribution in [-0.2, 0) is 6.54 Å². The maximum atomic E-state index is 12.3. The zero-order valence-electron chi connectivity index (χ0n) is 12.1. The fraction of sp³-hybridized carbons (Fsp3) is 0.250. The van der Waals surface area contributed by atoms with E-state index in [1.165, 1.54) is 6.07 Å². The highest BCUT2D eigenvalue weighted by molar-refractivity contribution is 6.04. The second-order valence-electron chi connectivity index (χ2n) is 4.82. The molecule has 2 N–H and O–H groups in total. The number of aromatic carboxylic acids is 1. The van der Waals surface area contributed by atoms with Crippen molar-refractivity contribution in [3.05, 3.63) is 53.3 Å². The van der Waals surface area contributed by atoms with E-state index in [-0.39, 0.29) is 11.5 Å². The second kappa shape index (κ2) is 6.26. The largest absolute Gasteiger partial charge is 0.478 e. The van der Waals surface area contributed by atoms with Gasteiger partial charge in [-0.05, 0) is 43.2 Å². The molecule has 110 valence electrons. The van der Waals surface area contributed by atoms with Crippen molar-refractivity contribution in [2.75, 3.05) is 5.32 Å². The molecule has 2 rings (SSSR count). The van der Waals surface area contributed by atoms with Crippen molar-refractivity contribution in [3.63, 3.8) is 0 Å². The lowest BCUT2D eigenvalue weighted by molar-refractivity contribution is 0.0695. The van der Waals surface area contributed by atoms with E-state index in [0.29, 0.717) is 16.9 Å². The number of carboxylic acid groups (broad SMARTS) is 1. The first kappa shape index (κ1) is 14.8. The predicted octanol–water partition coefficient (Wildman–Crippen LogP) is 3.16. The maximum absolute atomic E-state index is 12.3. The Morgan fingerprint density at radius 1 is 1.24 bits per heavy atom. The first-order valence-electron chi connectivity index (χ1n) is 6.84. The van der Waals surface area contributed by atoms with Crippen LogP contribution in [0.4, 0.5) is 5.69 Å². The van der Waals surface area contributed by atoms with Gasteiger partial charge in [0.2, 0.25) is 0 Å². The third kappa shape index (κ3) is 3.13. The zero-order valence-corrected chi connectivity index (χ0v) is 12.1. The van der Waals surface area contributed by atoms with Gasteiger partial charge in [-0.3, -0.25) is 4.79 Å². The Morgan fingerprint density at radius 3 is 2.67 bits per heavy atom. The summed E-state index contributed by atoms with van der Waals surface area (Å²) in [6.45, 7) is 4.50. The second-order valence-corrected chi connectivity index (χ2v) is 4.82. The molecule has 0 fully saturated rings. The van der Waals surface area contributed by atoms with Gasteiger partial charge in [0, 0.05) is 18.4 Å². The van der Waals surface area contributed by atoms with Crippen LogP contribution in [-0.4, -0.2) is 21.6 Å². The van der Waals surface area contributed by atoms with Crippen molar-refractivity contribution in [1.82, 2.24) is 4.57 Å². The maximum Gasteiger partial charge on any atom is 0.336 e. The van der Waals surface area contributed by atoms with Crippen LogP contribution < -0.4 is 5.32 Å². The smallest absolute Gasteiger partial charge is 0.336 e. The van der Waals surface area contributed by atoms with Gasteiger partial charge in [0.05, 0.1) is 5.56 Å². The molecule has 0 spiro atoms. The summed E-state index contributed by atoms with van der Waals surface area (Å²) in [6, 6.07) is 8.42. The molecule has 0 aliphatic rings. The van der Waals surface area contributed by atoms with Crippen molar-refractivity contribution in [1.29, 1.82) is 0 Å². The summed E-state index contributed by atoms with van der Waals surface area (Å²) in [5, 5.41) is 11.9. The summed E-state index contributed by atoms with van der Waals surface area (Å²) in [5.41, 5.74) is 1.82. The Morgan fingerprint density at radius 2 is 2.00 bits per heavy atom. The highest BCUT2D eigenvalue weighted by atomic mass is 16.4. The van der Waals surface area contributed by atoms with Gasteiger partial charge >= 0.3 is 5.97 Å². The number of carbonyl (C=O) groups excluding carboxylic acids is 1. The Bertz CT molecular complexity index is 674. The monoisotopic (exact) mass is 286 g/mol. The number of nitrogens with one attached hydrogen (secondary N) is 1. The van der Waals surface area contributed by atoms with E-state index < -0.39 is 5.97 Å². The van der Waals surface area contributed by atoms with E-state index in [1.54, 1.807) is 25.1 Å². The van der Waals surface area contributed by atoms with E-state index in [0.717, 1.165) is 13.0 Å². The number of carboxylic acids is 1. The van der Waals surface area contributed by atoms with Crippen molar-refractivity contribution < 1.29 is 14.7 Å². The molecule has 0 aliphatic heterocycles. The molecule has 5 heteroatoms. The number of nitrogens with zero attached hydrogens (tertiary/aromatic N) is 1. The minimum absolute atomic E-state index is 0.191. The lowest BCUT2D eigenvalue weighted by atomic mass is 10.1. The number of hydrogen-bond donors (Lipinski definition) is 2. The molecule has 1 aromatic carbocycles. The molecule has 0 bridgehead atoms. The van der Waals surface area contributed by atoms with Gasteiger partial charge in [-0.15, -0.1) is 0 Å². The molecule has 1 aromatic heterocycles. The number of rotatable bonds is 5. The highest BCUT2D eigenvalue weighted by Crippen LogP contribution is 2.20. The topological polar surface area (TPSA) is 71.3 Å². The zero-order chi connectivity index (χ0) is 15.4. The van der Waals surface area contributed by atoms with Crippen LogP contribution in [0.3, 0.4) is 0 Å². The van der Waals surface area contributed by atoms with E-state index in [1.807, 2.05) is 23.8 Å². The lowest BCUT2D eigenvalue weighted by Gasteiger charge is -2.12. The number of benzene rings is 1. The Labute approximate surface area is 123 Å². The molecule has 1 heterocycles. The normalized spacial score (nSPS) is 10.4. The average molecular weight is 286 g/mol. The van der Waals surface area contributed by atoms with E-state index in [4.69, 9.17) is 5.11 Å². The van der Waals surface area contributed by atoms with Crippen molar-refractivity contribution in [3.8, 4) is 0 Å². The van der Waals surface area contributed by atoms with E-state index >= 15 is 0 Å². The minimum atomic E-state index is -1.00. The van der Waals surface area contributed by atoms with Gasteiger partial charge in [-0.1, -0.05) is 13.0 Å². The number of carbonyl (C=O) groups is 2. The molecule has 0 radical (unpaired) electrons. The molecule has 0 aliphatic carbocycles. The summed E-state index contributed by atoms with van der Waals surface area (Å²) in [4.78, 5) is 23.4. The van der Waals surface area contributed by atoms with Gasteiger partial charge in [-0.25, -0.2) is 4.79 Å². The Balaban J connectivity index is 2.26. The molecule has 1 amide bonds. The molecule has 5 nitrogen and oxygen atoms in total. The lowest BCUT2D eigenvalue weighted by Crippen LogP contribution is -2.18. The summed E-state index contributed by atoms with van der Waals surface area (Å²) >= 11 is 0. The van der Waals surface area contributed by atoms with Crippen LogP contribution >= 0.6 is 0 Å². The van der Waals surface area contributed by atoms with Crippen LogP contribution in [0.5, 0.6) is 0 Å². The summed E-state index contributed by atoms with van der Waals surface area (Å²) < 4.78 is 1.88. The van der Waals surface area contributed by atoms with E-state index in [2.05, 4.69) is 5.32 Å². The summed E-state index contributed by atoms with van der Waals surface area (Å²) in [6.07, 6.45) is 2.79. The number of aromatic nitrogens is 1. The molecular weight excluding hydrogens is 268 g/mol. The SMILES string of the molecule is CCCn1cccc1C(=O)Nc1cccc(C(=O)O)c1C. The molecule has 0 atom stereocenters. The minimum Gasteiger partial charge on any atom is -0.478 e. The van der Waals surface area contributed by atoms with Gasteiger partial charge < -0.3 is 15.0 Å². The van der Waals surface area contributed by atoms with Crippen molar-refractivity contribution >= 4 is 17.6 Å². The van der Waals surface area contributed by atoms with Gasteiger partial charge in [-0.2, -0.15) is 0 Å². The van der Waals surface area contributed by atoms with E-state index in [9.17, 15) is 9.59 Å². The molecular formula is C16H18N2O3. The van der Waals surface area contributed by atoms with Gasteiger partial charge in [0.15, 0.2) is 0 Å². The highest BCUT2D eigenvalue weighted by Gasteiger charge is 2.14. The van der Waals surface area contributed by atoms with Crippen molar-refractivity contribution in [2.45, 2.75) is 26.8 Å². The van der Waals surface area contributed by atoms with Gasteiger partial charge in [0.1, 0.15) is 5.69 Å². The third-order valence-corrected chi connectivity index (χ3v) is 3.34. The predicted molar refractivity (Wildman–Crippen MR) is 80.8 cm³/mol. The van der Waals surface area contributed by atoms with Crippen LogP contribution in [0.2, 0.25) is 0 Å². The fourth-order valence-corrected chi connectivity index (χ4v) is 2.25. The average Bonchev–Trinajstić information content (AvgIpc) is 2.89. The number of anilines is 1.